The molecular weight excluding hydrogens is 360 g/mol. The summed E-state index contributed by atoms with van der Waals surface area (Å²) in [4.78, 5) is 35.3. The van der Waals surface area contributed by atoms with Crippen LogP contribution in [0.5, 0.6) is 5.75 Å². The van der Waals surface area contributed by atoms with Gasteiger partial charge in [0.05, 0.1) is 6.61 Å². The first kappa shape index (κ1) is 21.0. The molecule has 0 radical (unpaired) electrons. The molecule has 0 bridgehead atoms. The number of hydrogen-bond donors (Lipinski definition) is 2. The second-order valence-corrected chi connectivity index (χ2v) is 6.04. The third kappa shape index (κ3) is 6.75. The molecule has 7 heteroatoms. The Morgan fingerprint density at radius 3 is 1.82 bits per heavy atom. The third-order valence-electron chi connectivity index (χ3n) is 3.82. The Labute approximate surface area is 164 Å². The van der Waals surface area contributed by atoms with Crippen LogP contribution in [0.4, 0.5) is 4.79 Å². The van der Waals surface area contributed by atoms with Gasteiger partial charge >= 0.3 is 6.16 Å². The molecule has 7 nitrogen and oxygen atoms in total. The van der Waals surface area contributed by atoms with E-state index in [9.17, 15) is 14.4 Å². The van der Waals surface area contributed by atoms with E-state index in [2.05, 4.69) is 15.4 Å². The molecule has 0 saturated heterocycles. The van der Waals surface area contributed by atoms with Crippen LogP contribution < -0.4 is 15.4 Å². The van der Waals surface area contributed by atoms with Crippen LogP contribution in [0.2, 0.25) is 0 Å². The summed E-state index contributed by atoms with van der Waals surface area (Å²) in [5, 5.41) is 5.60. The second-order valence-electron chi connectivity index (χ2n) is 6.04. The van der Waals surface area contributed by atoms with Crippen molar-refractivity contribution < 1.29 is 23.9 Å². The largest absolute Gasteiger partial charge is 0.513 e. The van der Waals surface area contributed by atoms with Gasteiger partial charge in [-0.05, 0) is 56.7 Å². The summed E-state index contributed by atoms with van der Waals surface area (Å²) >= 11 is 0. The van der Waals surface area contributed by atoms with Gasteiger partial charge in [0.2, 0.25) is 0 Å². The first-order valence-corrected chi connectivity index (χ1v) is 9.07. The molecule has 2 aromatic rings. The molecule has 0 atom stereocenters. The summed E-state index contributed by atoms with van der Waals surface area (Å²) in [5.41, 5.74) is 2.15. The van der Waals surface area contributed by atoms with E-state index in [4.69, 9.17) is 4.74 Å². The van der Waals surface area contributed by atoms with Gasteiger partial charge in [-0.1, -0.05) is 17.7 Å². The number of hydrogen-bond acceptors (Lipinski definition) is 5. The molecule has 0 heterocycles. The molecule has 2 amide bonds. The predicted octanol–water partition coefficient (Wildman–Crippen LogP) is 3.08. The minimum absolute atomic E-state index is 0.136. The Hall–Kier alpha value is -3.35. The number of benzene rings is 2. The average molecular weight is 384 g/mol. The van der Waals surface area contributed by atoms with Gasteiger partial charge in [0.1, 0.15) is 5.75 Å². The highest BCUT2D eigenvalue weighted by Crippen LogP contribution is 2.13. The smallest absolute Gasteiger partial charge is 0.434 e. The molecule has 0 aliphatic heterocycles. The zero-order chi connectivity index (χ0) is 20.4. The molecule has 0 aromatic heterocycles. The first-order chi connectivity index (χ1) is 13.5. The normalized spacial score (nSPS) is 10.1. The standard InChI is InChI=1S/C21H24N2O5/c1-3-27-21(26)28-18-11-9-17(10-12-18)20(25)23-14-4-13-22-19(24)16-7-5-15(2)6-8-16/h5-12H,3-4,13-14H2,1-2H3,(H,22,24)(H,23,25). The van der Waals surface area contributed by atoms with Gasteiger partial charge < -0.3 is 20.1 Å². The maximum Gasteiger partial charge on any atom is 0.513 e. The van der Waals surface area contributed by atoms with Gasteiger partial charge in [-0.2, -0.15) is 0 Å². The fraction of sp³-hybridized carbons (Fsp3) is 0.286. The van der Waals surface area contributed by atoms with Crippen LogP contribution in [0.25, 0.3) is 0 Å². The number of ether oxygens (including phenoxy) is 2. The van der Waals surface area contributed by atoms with Crippen molar-refractivity contribution in [2.45, 2.75) is 20.3 Å². The molecule has 2 rings (SSSR count). The molecule has 0 unspecified atom stereocenters. The van der Waals surface area contributed by atoms with E-state index in [1.54, 1.807) is 31.2 Å². The van der Waals surface area contributed by atoms with Crippen LogP contribution in [0.1, 0.15) is 39.6 Å². The Morgan fingerprint density at radius 2 is 1.32 bits per heavy atom. The van der Waals surface area contributed by atoms with Crippen molar-refractivity contribution in [2.24, 2.45) is 0 Å². The zero-order valence-corrected chi connectivity index (χ0v) is 16.0. The molecule has 2 aromatic carbocycles. The molecule has 28 heavy (non-hydrogen) atoms. The van der Waals surface area contributed by atoms with Crippen LogP contribution in [0.15, 0.2) is 48.5 Å². The summed E-state index contributed by atoms with van der Waals surface area (Å²) in [6.07, 6.45) is -0.180. The summed E-state index contributed by atoms with van der Waals surface area (Å²) in [6.45, 7) is 4.76. The summed E-state index contributed by atoms with van der Waals surface area (Å²) < 4.78 is 9.61. The molecule has 0 fully saturated rings. The van der Waals surface area contributed by atoms with E-state index in [0.29, 0.717) is 36.4 Å². The van der Waals surface area contributed by atoms with Crippen molar-refractivity contribution in [2.75, 3.05) is 19.7 Å². The van der Waals surface area contributed by atoms with Gasteiger partial charge in [0.25, 0.3) is 11.8 Å². The molecule has 0 aliphatic carbocycles. The molecular formula is C21H24N2O5. The van der Waals surface area contributed by atoms with Gasteiger partial charge in [0.15, 0.2) is 0 Å². The SMILES string of the molecule is CCOC(=O)Oc1ccc(C(=O)NCCCNC(=O)c2ccc(C)cc2)cc1. The minimum atomic E-state index is -0.785. The quantitative estimate of drug-likeness (QED) is 0.414. The van der Waals surface area contributed by atoms with Gasteiger partial charge in [-0.25, -0.2) is 4.79 Å². The van der Waals surface area contributed by atoms with Crippen molar-refractivity contribution in [3.8, 4) is 5.75 Å². The van der Waals surface area contributed by atoms with E-state index in [1.165, 1.54) is 12.1 Å². The van der Waals surface area contributed by atoms with Gasteiger partial charge in [-0.3, -0.25) is 9.59 Å². The van der Waals surface area contributed by atoms with Crippen LogP contribution in [0.3, 0.4) is 0 Å². The lowest BCUT2D eigenvalue weighted by molar-refractivity contribution is 0.0951. The number of carbonyl (C=O) groups excluding carboxylic acids is 3. The summed E-state index contributed by atoms with van der Waals surface area (Å²) in [5.74, 6) is -0.0788. The van der Waals surface area contributed by atoms with Crippen LogP contribution >= 0.6 is 0 Å². The molecule has 2 N–H and O–H groups in total. The third-order valence-corrected chi connectivity index (χ3v) is 3.82. The topological polar surface area (TPSA) is 93.7 Å². The number of aryl methyl sites for hydroxylation is 1. The Morgan fingerprint density at radius 1 is 0.821 bits per heavy atom. The van der Waals surface area contributed by atoms with Crippen LogP contribution in [-0.4, -0.2) is 37.7 Å². The monoisotopic (exact) mass is 384 g/mol. The Bertz CT molecular complexity index is 801. The van der Waals surface area contributed by atoms with E-state index in [-0.39, 0.29) is 18.4 Å². The average Bonchev–Trinajstić information content (AvgIpc) is 2.68. The van der Waals surface area contributed by atoms with E-state index >= 15 is 0 Å². The van der Waals surface area contributed by atoms with Crippen molar-refractivity contribution >= 4 is 18.0 Å². The number of carbonyl (C=O) groups is 3. The fourth-order valence-electron chi connectivity index (χ4n) is 2.32. The number of amides is 2. The van der Waals surface area contributed by atoms with Gasteiger partial charge in [0, 0.05) is 24.2 Å². The number of nitrogens with one attached hydrogen (secondary N) is 2. The van der Waals surface area contributed by atoms with E-state index < -0.39 is 6.16 Å². The fourth-order valence-corrected chi connectivity index (χ4v) is 2.32. The lowest BCUT2D eigenvalue weighted by Gasteiger charge is -2.08. The number of rotatable bonds is 8. The molecule has 0 spiro atoms. The maximum absolute atomic E-state index is 12.1. The Kier molecular flexibility index (Phi) is 8.02. The van der Waals surface area contributed by atoms with Crippen LogP contribution in [0, 0.1) is 6.92 Å². The summed E-state index contributed by atoms with van der Waals surface area (Å²) in [6, 6.07) is 13.5. The van der Waals surface area contributed by atoms with Crippen molar-refractivity contribution in [1.82, 2.24) is 10.6 Å². The van der Waals surface area contributed by atoms with Crippen molar-refractivity contribution in [3.05, 3.63) is 65.2 Å². The van der Waals surface area contributed by atoms with Crippen molar-refractivity contribution in [1.29, 1.82) is 0 Å². The first-order valence-electron chi connectivity index (χ1n) is 9.07. The zero-order valence-electron chi connectivity index (χ0n) is 16.0. The lowest BCUT2D eigenvalue weighted by atomic mass is 10.1. The van der Waals surface area contributed by atoms with E-state index in [0.717, 1.165) is 5.56 Å². The predicted molar refractivity (Wildman–Crippen MR) is 105 cm³/mol. The highest BCUT2D eigenvalue weighted by atomic mass is 16.7. The highest BCUT2D eigenvalue weighted by Gasteiger charge is 2.08. The maximum atomic E-state index is 12.1. The lowest BCUT2D eigenvalue weighted by Crippen LogP contribution is -2.29. The minimum Gasteiger partial charge on any atom is -0.434 e. The molecule has 0 aliphatic rings. The highest BCUT2D eigenvalue weighted by molar-refractivity contribution is 5.94. The van der Waals surface area contributed by atoms with Gasteiger partial charge in [-0.15, -0.1) is 0 Å². The van der Waals surface area contributed by atoms with Crippen molar-refractivity contribution in [3.63, 3.8) is 0 Å². The van der Waals surface area contributed by atoms with E-state index in [1.807, 2.05) is 19.1 Å². The molecule has 148 valence electrons. The van der Waals surface area contributed by atoms with Crippen LogP contribution in [-0.2, 0) is 4.74 Å². The second kappa shape index (κ2) is 10.7. The molecule has 0 saturated carbocycles. The summed E-state index contributed by atoms with van der Waals surface area (Å²) in [7, 11) is 0. The Balaban J connectivity index is 1.68.